The van der Waals surface area contributed by atoms with Crippen molar-refractivity contribution in [3.8, 4) is 0 Å². The van der Waals surface area contributed by atoms with Crippen LogP contribution in [0.5, 0.6) is 0 Å². The van der Waals surface area contributed by atoms with E-state index in [0.717, 1.165) is 13.0 Å². The third-order valence-electron chi connectivity index (χ3n) is 2.58. The Labute approximate surface area is 90.2 Å². The molecule has 0 spiro atoms. The highest BCUT2D eigenvalue weighted by Crippen LogP contribution is 2.26. The minimum absolute atomic E-state index is 0.475. The molecule has 1 atom stereocenters. The second-order valence-electron chi connectivity index (χ2n) is 3.58. The predicted octanol–water partition coefficient (Wildman–Crippen LogP) is 1.45. The molecule has 5 nitrogen and oxygen atoms in total. The first-order valence-electron chi connectivity index (χ1n) is 5.25. The molecule has 1 aromatic rings. The molecule has 0 saturated carbocycles. The van der Waals surface area contributed by atoms with E-state index in [-0.39, 0.29) is 0 Å². The van der Waals surface area contributed by atoms with E-state index in [1.165, 1.54) is 0 Å². The number of nitrogens with one attached hydrogen (secondary N) is 1. The summed E-state index contributed by atoms with van der Waals surface area (Å²) in [6.45, 7) is 7.52. The summed E-state index contributed by atoms with van der Waals surface area (Å²) < 4.78 is 10.6. The van der Waals surface area contributed by atoms with E-state index in [1.807, 2.05) is 20.8 Å². The first-order valence-corrected chi connectivity index (χ1v) is 5.25. The molecule has 86 valence electrons. The topological polar surface area (TPSA) is 60.2 Å². The van der Waals surface area contributed by atoms with Crippen molar-refractivity contribution in [1.82, 2.24) is 15.5 Å². The molecule has 0 fully saturated rings. The lowest BCUT2D eigenvalue weighted by Crippen LogP contribution is -2.23. The molecule has 0 aromatic carbocycles. The molecule has 5 heteroatoms. The van der Waals surface area contributed by atoms with Gasteiger partial charge in [0.2, 0.25) is 0 Å². The van der Waals surface area contributed by atoms with Gasteiger partial charge in [0.05, 0.1) is 6.54 Å². The lowest BCUT2D eigenvalue weighted by atomic mass is 10.0. The second-order valence-corrected chi connectivity index (χ2v) is 3.58. The van der Waals surface area contributed by atoms with Crippen LogP contribution >= 0.6 is 0 Å². The van der Waals surface area contributed by atoms with Gasteiger partial charge in [-0.05, 0) is 19.9 Å². The lowest BCUT2D eigenvalue weighted by Gasteiger charge is -2.21. The fourth-order valence-electron chi connectivity index (χ4n) is 1.16. The molecule has 1 N–H and O–H groups in total. The maximum absolute atomic E-state index is 5.37. The number of rotatable bonds is 6. The minimum Gasteiger partial charge on any atom is -0.369 e. The Morgan fingerprint density at radius 3 is 2.73 bits per heavy atom. The van der Waals surface area contributed by atoms with Gasteiger partial charge in [-0.1, -0.05) is 19.0 Å². The average Bonchev–Trinajstić information content (AvgIpc) is 2.74. The van der Waals surface area contributed by atoms with Gasteiger partial charge in [0, 0.05) is 7.11 Å². The number of ether oxygens (including phenoxy) is 1. The largest absolute Gasteiger partial charge is 0.369 e. The smallest absolute Gasteiger partial charge is 0.258 e. The van der Waals surface area contributed by atoms with Crippen LogP contribution in [0.25, 0.3) is 0 Å². The average molecular weight is 213 g/mol. The Bertz CT molecular complexity index is 295. The van der Waals surface area contributed by atoms with Gasteiger partial charge in [-0.2, -0.15) is 4.98 Å². The second kappa shape index (κ2) is 5.23. The quantitative estimate of drug-likeness (QED) is 0.775. The van der Waals surface area contributed by atoms with Crippen LogP contribution in [0.4, 0.5) is 0 Å². The van der Waals surface area contributed by atoms with E-state index in [4.69, 9.17) is 9.26 Å². The number of hydrogen-bond donors (Lipinski definition) is 1. The molecule has 0 saturated heterocycles. The zero-order valence-electron chi connectivity index (χ0n) is 9.83. The molecule has 1 rings (SSSR count). The van der Waals surface area contributed by atoms with Crippen LogP contribution in [0, 0.1) is 0 Å². The molecule has 1 unspecified atom stereocenters. The molecule has 0 aliphatic rings. The molecule has 1 heterocycles. The van der Waals surface area contributed by atoms with Crippen molar-refractivity contribution in [2.45, 2.75) is 39.3 Å². The standard InChI is InChI=1S/C10H19N3O2/c1-5-10(3,14-4)9-12-8(13-15-9)7-11-6-2/h11H,5-7H2,1-4H3. The number of nitrogens with zero attached hydrogens (tertiary/aromatic N) is 2. The summed E-state index contributed by atoms with van der Waals surface area (Å²) in [7, 11) is 1.65. The van der Waals surface area contributed by atoms with Crippen molar-refractivity contribution in [3.05, 3.63) is 11.7 Å². The van der Waals surface area contributed by atoms with Gasteiger partial charge < -0.3 is 14.6 Å². The van der Waals surface area contributed by atoms with E-state index in [9.17, 15) is 0 Å². The summed E-state index contributed by atoms with van der Waals surface area (Å²) in [4.78, 5) is 4.30. The van der Waals surface area contributed by atoms with Crippen molar-refractivity contribution < 1.29 is 9.26 Å². The molecule has 0 bridgehead atoms. The van der Waals surface area contributed by atoms with Crippen LogP contribution < -0.4 is 5.32 Å². The molecular formula is C10H19N3O2. The van der Waals surface area contributed by atoms with Crippen molar-refractivity contribution >= 4 is 0 Å². The Balaban J connectivity index is 2.74. The van der Waals surface area contributed by atoms with Gasteiger partial charge >= 0.3 is 0 Å². The Morgan fingerprint density at radius 1 is 1.47 bits per heavy atom. The fourth-order valence-corrected chi connectivity index (χ4v) is 1.16. The lowest BCUT2D eigenvalue weighted by molar-refractivity contribution is -0.0272. The third-order valence-corrected chi connectivity index (χ3v) is 2.58. The fraction of sp³-hybridized carbons (Fsp3) is 0.800. The highest BCUT2D eigenvalue weighted by Gasteiger charge is 2.30. The molecule has 15 heavy (non-hydrogen) atoms. The van der Waals surface area contributed by atoms with E-state index in [2.05, 4.69) is 15.5 Å². The minimum atomic E-state index is -0.475. The maximum Gasteiger partial charge on any atom is 0.258 e. The van der Waals surface area contributed by atoms with Gasteiger partial charge in [-0.3, -0.25) is 0 Å². The summed E-state index contributed by atoms with van der Waals surface area (Å²) in [5.41, 5.74) is -0.475. The molecule has 0 aliphatic heterocycles. The summed E-state index contributed by atoms with van der Waals surface area (Å²) in [6.07, 6.45) is 0.798. The van der Waals surface area contributed by atoms with E-state index in [0.29, 0.717) is 18.3 Å². The van der Waals surface area contributed by atoms with Gasteiger partial charge in [0.1, 0.15) is 5.60 Å². The van der Waals surface area contributed by atoms with E-state index < -0.39 is 5.60 Å². The molecule has 0 amide bonds. The summed E-state index contributed by atoms with van der Waals surface area (Å²) in [5, 5.41) is 7.03. The maximum atomic E-state index is 5.37. The van der Waals surface area contributed by atoms with E-state index in [1.54, 1.807) is 7.11 Å². The monoisotopic (exact) mass is 213 g/mol. The van der Waals surface area contributed by atoms with Gasteiger partial charge in [-0.25, -0.2) is 0 Å². The van der Waals surface area contributed by atoms with Crippen LogP contribution in [0.3, 0.4) is 0 Å². The van der Waals surface area contributed by atoms with Gasteiger partial charge in [-0.15, -0.1) is 0 Å². The Hall–Kier alpha value is -0.940. The third kappa shape index (κ3) is 2.76. The SMILES string of the molecule is CCNCc1noc(C(C)(CC)OC)n1. The van der Waals surface area contributed by atoms with Crippen molar-refractivity contribution in [2.24, 2.45) is 0 Å². The highest BCUT2D eigenvalue weighted by molar-refractivity contribution is 4.97. The van der Waals surface area contributed by atoms with Crippen molar-refractivity contribution in [3.63, 3.8) is 0 Å². The number of hydrogen-bond acceptors (Lipinski definition) is 5. The van der Waals surface area contributed by atoms with Gasteiger partial charge in [0.25, 0.3) is 5.89 Å². The summed E-state index contributed by atoms with van der Waals surface area (Å²) in [5.74, 6) is 1.21. The Morgan fingerprint density at radius 2 is 2.20 bits per heavy atom. The van der Waals surface area contributed by atoms with Crippen molar-refractivity contribution in [1.29, 1.82) is 0 Å². The molecule has 0 radical (unpaired) electrons. The summed E-state index contributed by atoms with van der Waals surface area (Å²) in [6, 6.07) is 0. The molecular weight excluding hydrogens is 194 g/mol. The highest BCUT2D eigenvalue weighted by atomic mass is 16.5. The van der Waals surface area contributed by atoms with Crippen LogP contribution in [-0.4, -0.2) is 23.8 Å². The Kier molecular flexibility index (Phi) is 4.23. The van der Waals surface area contributed by atoms with Crippen molar-refractivity contribution in [2.75, 3.05) is 13.7 Å². The molecule has 1 aromatic heterocycles. The predicted molar refractivity (Wildman–Crippen MR) is 56.3 cm³/mol. The van der Waals surface area contributed by atoms with E-state index >= 15 is 0 Å². The zero-order chi connectivity index (χ0) is 11.3. The number of methoxy groups -OCH3 is 1. The summed E-state index contributed by atoms with van der Waals surface area (Å²) >= 11 is 0. The van der Waals surface area contributed by atoms with Crippen LogP contribution in [0.15, 0.2) is 4.52 Å². The van der Waals surface area contributed by atoms with Crippen LogP contribution in [-0.2, 0) is 16.9 Å². The molecule has 0 aliphatic carbocycles. The first kappa shape index (κ1) is 12.1. The number of aromatic nitrogens is 2. The normalized spacial score (nSPS) is 15.2. The van der Waals surface area contributed by atoms with Crippen LogP contribution in [0.1, 0.15) is 38.9 Å². The van der Waals surface area contributed by atoms with Crippen LogP contribution in [0.2, 0.25) is 0 Å². The first-order chi connectivity index (χ1) is 7.16. The van der Waals surface area contributed by atoms with Gasteiger partial charge in [0.15, 0.2) is 5.82 Å². The zero-order valence-corrected chi connectivity index (χ0v) is 9.83.